The maximum atomic E-state index is 13.9. The number of nitrogens with zero attached hydrogens (tertiary/aromatic N) is 4. The van der Waals surface area contributed by atoms with Crippen LogP contribution < -0.4 is 15.0 Å². The van der Waals surface area contributed by atoms with E-state index < -0.39 is 22.9 Å². The van der Waals surface area contributed by atoms with Crippen molar-refractivity contribution in [2.24, 2.45) is 0 Å². The monoisotopic (exact) mass is 524 g/mol. The Morgan fingerprint density at radius 2 is 1.71 bits per heavy atom. The lowest BCUT2D eigenvalue weighted by atomic mass is 10.1. The predicted octanol–water partition coefficient (Wildman–Crippen LogP) is 3.40. The summed E-state index contributed by atoms with van der Waals surface area (Å²) in [5.41, 5.74) is 0.105. The third-order valence-electron chi connectivity index (χ3n) is 6.68. The van der Waals surface area contributed by atoms with Gasteiger partial charge in [0.25, 0.3) is 11.5 Å². The van der Waals surface area contributed by atoms with E-state index in [-0.39, 0.29) is 5.82 Å². The van der Waals surface area contributed by atoms with E-state index in [9.17, 15) is 19.1 Å². The Labute approximate surface area is 221 Å². The van der Waals surface area contributed by atoms with Crippen molar-refractivity contribution in [2.75, 3.05) is 40.4 Å². The Kier molecular flexibility index (Phi) is 8.62. The number of carbonyl (C=O) groups is 1. The number of aromatic hydroxyl groups is 1. The van der Waals surface area contributed by atoms with Gasteiger partial charge in [0.05, 0.1) is 14.2 Å². The van der Waals surface area contributed by atoms with Crippen LogP contribution in [0, 0.1) is 5.82 Å². The van der Waals surface area contributed by atoms with E-state index in [0.717, 1.165) is 18.4 Å². The lowest BCUT2D eigenvalue weighted by Gasteiger charge is -2.34. The second kappa shape index (κ2) is 12.1. The number of aryl methyl sites for hydroxylation is 1. The molecule has 1 fully saturated rings. The number of para-hydroxylation sites is 1. The van der Waals surface area contributed by atoms with Crippen molar-refractivity contribution < 1.29 is 23.8 Å². The first kappa shape index (κ1) is 27.1. The van der Waals surface area contributed by atoms with E-state index in [0.29, 0.717) is 62.2 Å². The van der Waals surface area contributed by atoms with Crippen molar-refractivity contribution >= 4 is 5.91 Å². The minimum Gasteiger partial charge on any atom is -0.494 e. The zero-order valence-electron chi connectivity index (χ0n) is 21.9. The van der Waals surface area contributed by atoms with Crippen molar-refractivity contribution in [3.8, 4) is 23.1 Å². The second-order valence-electron chi connectivity index (χ2n) is 9.18. The van der Waals surface area contributed by atoms with Gasteiger partial charge in [-0.3, -0.25) is 19.1 Å². The van der Waals surface area contributed by atoms with Crippen molar-refractivity contribution in [3.05, 3.63) is 75.6 Å². The fourth-order valence-electron chi connectivity index (χ4n) is 4.69. The zero-order chi connectivity index (χ0) is 27.2. The molecule has 4 rings (SSSR count). The SMILES string of the molecule is CCCCc1nc(O)c(C(=O)N2CCN(Cc3cccc(F)c3)CC2)c(=O)n1-c1c(OC)cccc1OC. The minimum absolute atomic E-state index is 0.287. The normalized spacial score (nSPS) is 13.9. The van der Waals surface area contributed by atoms with E-state index in [1.807, 2.05) is 13.0 Å². The van der Waals surface area contributed by atoms with Crippen molar-refractivity contribution in [2.45, 2.75) is 32.7 Å². The van der Waals surface area contributed by atoms with Gasteiger partial charge >= 0.3 is 0 Å². The first-order valence-electron chi connectivity index (χ1n) is 12.7. The first-order valence-corrected chi connectivity index (χ1v) is 12.7. The summed E-state index contributed by atoms with van der Waals surface area (Å²) in [6.45, 7) is 4.35. The molecule has 0 radical (unpaired) electrons. The third kappa shape index (κ3) is 5.65. The van der Waals surface area contributed by atoms with Crippen LogP contribution >= 0.6 is 0 Å². The van der Waals surface area contributed by atoms with Gasteiger partial charge in [0, 0.05) is 39.1 Å². The lowest BCUT2D eigenvalue weighted by molar-refractivity contribution is 0.0622. The average Bonchev–Trinajstić information content (AvgIpc) is 2.91. The maximum absolute atomic E-state index is 13.9. The van der Waals surface area contributed by atoms with E-state index in [1.54, 1.807) is 24.3 Å². The molecule has 10 heteroatoms. The molecule has 2 aromatic carbocycles. The van der Waals surface area contributed by atoms with Crippen LogP contribution in [-0.2, 0) is 13.0 Å². The number of ether oxygens (including phenoxy) is 2. The molecular weight excluding hydrogens is 491 g/mol. The molecule has 1 saturated heterocycles. The molecule has 0 atom stereocenters. The standard InChI is InChI=1S/C28H33FN4O5/c1-4-5-12-23-30-26(34)24(28(36)33(23)25-21(37-2)10-7-11-22(25)38-3)27(35)32-15-13-31(14-16-32)18-19-8-6-9-20(29)17-19/h6-11,17,34H,4-5,12-16,18H2,1-3H3. The predicted molar refractivity (Wildman–Crippen MR) is 141 cm³/mol. The highest BCUT2D eigenvalue weighted by molar-refractivity contribution is 5.96. The molecule has 0 aliphatic carbocycles. The van der Waals surface area contributed by atoms with Gasteiger partial charge in [0.2, 0.25) is 5.88 Å². The van der Waals surface area contributed by atoms with Crippen LogP contribution in [-0.4, -0.2) is 70.8 Å². The van der Waals surface area contributed by atoms with Crippen molar-refractivity contribution in [3.63, 3.8) is 0 Å². The van der Waals surface area contributed by atoms with E-state index in [4.69, 9.17) is 9.47 Å². The fourth-order valence-corrected chi connectivity index (χ4v) is 4.69. The molecule has 0 saturated carbocycles. The molecule has 0 bridgehead atoms. The third-order valence-corrected chi connectivity index (χ3v) is 6.68. The Morgan fingerprint density at radius 1 is 1.05 bits per heavy atom. The number of aromatic nitrogens is 2. The molecule has 9 nitrogen and oxygen atoms in total. The van der Waals surface area contributed by atoms with Gasteiger partial charge in [0.15, 0.2) is 5.56 Å². The number of hydrogen-bond donors (Lipinski definition) is 1. The number of piperazine rings is 1. The van der Waals surface area contributed by atoms with E-state index in [2.05, 4.69) is 9.88 Å². The summed E-state index contributed by atoms with van der Waals surface area (Å²) in [5.74, 6) is -0.395. The highest BCUT2D eigenvalue weighted by Gasteiger charge is 2.30. The van der Waals surface area contributed by atoms with Crippen molar-refractivity contribution in [1.29, 1.82) is 0 Å². The molecule has 38 heavy (non-hydrogen) atoms. The molecule has 0 spiro atoms. The lowest BCUT2D eigenvalue weighted by Crippen LogP contribution is -2.49. The quantitative estimate of drug-likeness (QED) is 0.458. The molecule has 3 aromatic rings. The average molecular weight is 525 g/mol. The van der Waals surface area contributed by atoms with Crippen LogP contribution in [0.5, 0.6) is 17.4 Å². The molecular formula is C28H33FN4O5. The molecule has 1 amide bonds. The summed E-state index contributed by atoms with van der Waals surface area (Å²) in [7, 11) is 2.97. The van der Waals surface area contributed by atoms with Gasteiger partial charge in [-0.05, 0) is 36.2 Å². The number of rotatable bonds is 9. The smallest absolute Gasteiger partial charge is 0.275 e. The number of methoxy groups -OCH3 is 2. The molecule has 202 valence electrons. The molecule has 2 heterocycles. The van der Waals surface area contributed by atoms with Gasteiger partial charge < -0.3 is 19.5 Å². The van der Waals surface area contributed by atoms with Gasteiger partial charge in [0.1, 0.15) is 28.8 Å². The highest BCUT2D eigenvalue weighted by Crippen LogP contribution is 2.33. The number of halogens is 1. The fraction of sp³-hybridized carbons (Fsp3) is 0.393. The summed E-state index contributed by atoms with van der Waals surface area (Å²) in [6.07, 6.45) is 1.98. The number of carbonyl (C=O) groups excluding carboxylic acids is 1. The molecule has 1 aliphatic heterocycles. The number of unbranched alkanes of at least 4 members (excludes halogenated alkanes) is 1. The van der Waals surface area contributed by atoms with Crippen molar-refractivity contribution in [1.82, 2.24) is 19.4 Å². The van der Waals surface area contributed by atoms with Crippen LogP contribution in [0.4, 0.5) is 4.39 Å². The minimum atomic E-state index is -0.682. The highest BCUT2D eigenvalue weighted by atomic mass is 19.1. The van der Waals surface area contributed by atoms with Gasteiger partial charge in [-0.1, -0.05) is 31.5 Å². The number of hydrogen-bond acceptors (Lipinski definition) is 7. The van der Waals surface area contributed by atoms with E-state index >= 15 is 0 Å². The summed E-state index contributed by atoms with van der Waals surface area (Å²) in [5, 5.41) is 10.8. The van der Waals surface area contributed by atoms with Crippen LogP contribution in [0.2, 0.25) is 0 Å². The molecule has 1 aliphatic rings. The summed E-state index contributed by atoms with van der Waals surface area (Å²) >= 11 is 0. The number of benzene rings is 2. The van der Waals surface area contributed by atoms with Crippen LogP contribution in [0.3, 0.4) is 0 Å². The van der Waals surface area contributed by atoms with Gasteiger partial charge in [-0.25, -0.2) is 4.39 Å². The van der Waals surface area contributed by atoms with Crippen LogP contribution in [0.25, 0.3) is 5.69 Å². The largest absolute Gasteiger partial charge is 0.494 e. The molecule has 1 N–H and O–H groups in total. The molecule has 1 aromatic heterocycles. The summed E-state index contributed by atoms with van der Waals surface area (Å²) in [4.78, 5) is 35.4. The second-order valence-corrected chi connectivity index (χ2v) is 9.18. The Morgan fingerprint density at radius 3 is 2.32 bits per heavy atom. The Hall–Kier alpha value is -3.92. The maximum Gasteiger partial charge on any atom is 0.275 e. The summed E-state index contributed by atoms with van der Waals surface area (Å²) in [6, 6.07) is 11.6. The van der Waals surface area contributed by atoms with Crippen LogP contribution in [0.1, 0.15) is 41.5 Å². The molecule has 0 unspecified atom stereocenters. The zero-order valence-corrected chi connectivity index (χ0v) is 21.9. The Balaban J connectivity index is 1.66. The van der Waals surface area contributed by atoms with Crippen LogP contribution in [0.15, 0.2) is 47.3 Å². The van der Waals surface area contributed by atoms with Gasteiger partial charge in [-0.15, -0.1) is 0 Å². The summed E-state index contributed by atoms with van der Waals surface area (Å²) < 4.78 is 25.9. The van der Waals surface area contributed by atoms with E-state index in [1.165, 1.54) is 35.8 Å². The number of amides is 1. The first-order chi connectivity index (χ1) is 18.4. The Bertz CT molecular complexity index is 1330. The van der Waals surface area contributed by atoms with Gasteiger partial charge in [-0.2, -0.15) is 4.98 Å². The topological polar surface area (TPSA) is 97.1 Å².